The number of ether oxygens (including phenoxy) is 3. The molecule has 0 bridgehead atoms. The fourth-order valence-electron chi connectivity index (χ4n) is 4.16. The van der Waals surface area contributed by atoms with Crippen LogP contribution in [0, 0.1) is 0 Å². The molecule has 0 fully saturated rings. The Morgan fingerprint density at radius 2 is 1.57 bits per heavy atom. The first-order valence-electron chi connectivity index (χ1n) is 11.8. The highest BCUT2D eigenvalue weighted by Gasteiger charge is 2.26. The van der Waals surface area contributed by atoms with Crippen LogP contribution in [0.1, 0.15) is 55.6 Å². The van der Waals surface area contributed by atoms with Crippen molar-refractivity contribution in [1.82, 2.24) is 10.2 Å². The Morgan fingerprint density at radius 3 is 2.03 bits per heavy atom. The van der Waals surface area contributed by atoms with Gasteiger partial charge in [0.2, 0.25) is 5.91 Å². The molecule has 35 heavy (non-hydrogen) atoms. The van der Waals surface area contributed by atoms with Crippen LogP contribution in [0.25, 0.3) is 5.57 Å². The molecular formula is C28H36N2O5. The SMILES string of the molecule is COc1cc(OC)c(C2=CCN(C(=O)C(C)NC(=O)c3ccc(C(C)(C)C)cc3)CC2)c(OC)c1. The molecule has 0 spiro atoms. The number of amides is 2. The second-order valence-electron chi connectivity index (χ2n) is 9.69. The third-order valence-corrected chi connectivity index (χ3v) is 6.29. The molecule has 0 aliphatic carbocycles. The van der Waals surface area contributed by atoms with Crippen LogP contribution in [0.3, 0.4) is 0 Å². The van der Waals surface area contributed by atoms with Crippen molar-refractivity contribution in [1.29, 1.82) is 0 Å². The highest BCUT2D eigenvalue weighted by Crippen LogP contribution is 2.40. The van der Waals surface area contributed by atoms with E-state index in [-0.39, 0.29) is 17.2 Å². The third kappa shape index (κ3) is 5.96. The number of methoxy groups -OCH3 is 3. The molecule has 2 aromatic carbocycles. The van der Waals surface area contributed by atoms with Gasteiger partial charge in [-0.25, -0.2) is 0 Å². The van der Waals surface area contributed by atoms with Gasteiger partial charge in [0.1, 0.15) is 23.3 Å². The van der Waals surface area contributed by atoms with E-state index in [1.165, 1.54) is 0 Å². The van der Waals surface area contributed by atoms with Gasteiger partial charge in [0, 0.05) is 30.8 Å². The van der Waals surface area contributed by atoms with Crippen molar-refractivity contribution >= 4 is 17.4 Å². The van der Waals surface area contributed by atoms with Crippen LogP contribution < -0.4 is 19.5 Å². The Hall–Kier alpha value is -3.48. The molecule has 0 radical (unpaired) electrons. The first kappa shape index (κ1) is 26.1. The van der Waals surface area contributed by atoms with E-state index >= 15 is 0 Å². The molecule has 2 amide bonds. The van der Waals surface area contributed by atoms with Crippen molar-refractivity contribution in [3.63, 3.8) is 0 Å². The zero-order chi connectivity index (χ0) is 25.8. The molecule has 0 saturated carbocycles. The lowest BCUT2D eigenvalue weighted by Gasteiger charge is -2.30. The molecule has 1 heterocycles. The number of hydrogen-bond acceptors (Lipinski definition) is 5. The van der Waals surface area contributed by atoms with Gasteiger partial charge in [-0.15, -0.1) is 0 Å². The summed E-state index contributed by atoms with van der Waals surface area (Å²) in [5.74, 6) is 1.59. The van der Waals surface area contributed by atoms with Gasteiger partial charge in [-0.05, 0) is 42.0 Å². The average Bonchev–Trinajstić information content (AvgIpc) is 2.86. The monoisotopic (exact) mass is 480 g/mol. The molecule has 0 aromatic heterocycles. The fraction of sp³-hybridized carbons (Fsp3) is 0.429. The Balaban J connectivity index is 1.68. The van der Waals surface area contributed by atoms with Gasteiger partial charge in [0.05, 0.1) is 26.9 Å². The molecular weight excluding hydrogens is 444 g/mol. The normalized spacial score (nSPS) is 14.6. The maximum absolute atomic E-state index is 13.0. The van der Waals surface area contributed by atoms with Crippen molar-refractivity contribution < 1.29 is 23.8 Å². The molecule has 7 heteroatoms. The predicted octanol–water partition coefficient (Wildman–Crippen LogP) is 4.44. The lowest BCUT2D eigenvalue weighted by Crippen LogP contribution is -2.48. The summed E-state index contributed by atoms with van der Waals surface area (Å²) in [5.41, 5.74) is 3.61. The van der Waals surface area contributed by atoms with Gasteiger partial charge < -0.3 is 24.4 Å². The van der Waals surface area contributed by atoms with E-state index in [1.54, 1.807) is 45.3 Å². The zero-order valence-corrected chi connectivity index (χ0v) is 21.7. The zero-order valence-electron chi connectivity index (χ0n) is 21.7. The Bertz CT molecular complexity index is 1070. The van der Waals surface area contributed by atoms with E-state index < -0.39 is 6.04 Å². The molecule has 7 nitrogen and oxygen atoms in total. The van der Waals surface area contributed by atoms with Crippen molar-refractivity contribution in [3.05, 3.63) is 59.2 Å². The van der Waals surface area contributed by atoms with Gasteiger partial charge in [0.15, 0.2) is 0 Å². The summed E-state index contributed by atoms with van der Waals surface area (Å²) >= 11 is 0. The maximum Gasteiger partial charge on any atom is 0.251 e. The maximum atomic E-state index is 13.0. The minimum absolute atomic E-state index is 0.0127. The molecule has 1 unspecified atom stereocenters. The summed E-state index contributed by atoms with van der Waals surface area (Å²) in [7, 11) is 4.81. The highest BCUT2D eigenvalue weighted by atomic mass is 16.5. The summed E-state index contributed by atoms with van der Waals surface area (Å²) in [5, 5.41) is 2.84. The number of nitrogens with zero attached hydrogens (tertiary/aromatic N) is 1. The largest absolute Gasteiger partial charge is 0.496 e. The first-order chi connectivity index (χ1) is 16.6. The second kappa shape index (κ2) is 10.8. The van der Waals surface area contributed by atoms with Crippen LogP contribution in [0.5, 0.6) is 17.2 Å². The molecule has 0 saturated heterocycles. The lowest BCUT2D eigenvalue weighted by atomic mass is 9.86. The molecule has 1 N–H and O–H groups in total. The molecule has 1 atom stereocenters. The molecule has 3 rings (SSSR count). The second-order valence-corrected chi connectivity index (χ2v) is 9.69. The minimum Gasteiger partial charge on any atom is -0.496 e. The van der Waals surface area contributed by atoms with E-state index in [4.69, 9.17) is 14.2 Å². The topological polar surface area (TPSA) is 77.1 Å². The summed E-state index contributed by atoms with van der Waals surface area (Å²) in [4.78, 5) is 27.5. The van der Waals surface area contributed by atoms with E-state index in [0.29, 0.717) is 42.3 Å². The Morgan fingerprint density at radius 1 is 0.971 bits per heavy atom. The van der Waals surface area contributed by atoms with E-state index in [0.717, 1.165) is 16.7 Å². The summed E-state index contributed by atoms with van der Waals surface area (Å²) in [6, 6.07) is 10.5. The van der Waals surface area contributed by atoms with Crippen LogP contribution in [-0.2, 0) is 10.2 Å². The molecule has 188 valence electrons. The van der Waals surface area contributed by atoms with Crippen molar-refractivity contribution in [2.24, 2.45) is 0 Å². The number of hydrogen-bond donors (Lipinski definition) is 1. The molecule has 2 aromatic rings. The Kier molecular flexibility index (Phi) is 8.10. The summed E-state index contributed by atoms with van der Waals surface area (Å²) in [6.45, 7) is 9.07. The summed E-state index contributed by atoms with van der Waals surface area (Å²) in [6.07, 6.45) is 2.65. The van der Waals surface area contributed by atoms with E-state index in [9.17, 15) is 9.59 Å². The van der Waals surface area contributed by atoms with Gasteiger partial charge in [0.25, 0.3) is 5.91 Å². The number of rotatable bonds is 7. The predicted molar refractivity (Wildman–Crippen MR) is 137 cm³/mol. The van der Waals surface area contributed by atoms with Gasteiger partial charge >= 0.3 is 0 Å². The fourth-order valence-corrected chi connectivity index (χ4v) is 4.16. The van der Waals surface area contributed by atoms with Crippen molar-refractivity contribution in [3.8, 4) is 17.2 Å². The van der Waals surface area contributed by atoms with Gasteiger partial charge in [-0.2, -0.15) is 0 Å². The Labute approximate surface area is 208 Å². The smallest absolute Gasteiger partial charge is 0.251 e. The van der Waals surface area contributed by atoms with Crippen molar-refractivity contribution in [2.45, 2.75) is 45.6 Å². The minimum atomic E-state index is -0.634. The van der Waals surface area contributed by atoms with E-state index in [2.05, 4.69) is 26.1 Å². The van der Waals surface area contributed by atoms with Crippen LogP contribution in [-0.4, -0.2) is 57.2 Å². The lowest BCUT2D eigenvalue weighted by molar-refractivity contribution is -0.132. The van der Waals surface area contributed by atoms with Crippen LogP contribution in [0.15, 0.2) is 42.5 Å². The highest BCUT2D eigenvalue weighted by molar-refractivity contribution is 5.97. The van der Waals surface area contributed by atoms with Gasteiger partial charge in [-0.1, -0.05) is 39.0 Å². The van der Waals surface area contributed by atoms with Crippen LogP contribution in [0.2, 0.25) is 0 Å². The standard InChI is InChI=1S/C28H36N2O5/c1-18(29-26(31)20-8-10-21(11-9-20)28(2,3)4)27(32)30-14-12-19(13-15-30)25-23(34-6)16-22(33-5)17-24(25)35-7/h8-12,16-18H,13-15H2,1-7H3,(H,29,31). The number of nitrogens with one attached hydrogen (secondary N) is 1. The van der Waals surface area contributed by atoms with Gasteiger partial charge in [-0.3, -0.25) is 9.59 Å². The molecule has 1 aliphatic heterocycles. The molecule has 1 aliphatic rings. The summed E-state index contributed by atoms with van der Waals surface area (Å²) < 4.78 is 16.5. The average molecular weight is 481 g/mol. The third-order valence-electron chi connectivity index (χ3n) is 6.29. The first-order valence-corrected chi connectivity index (χ1v) is 11.8. The van der Waals surface area contributed by atoms with Crippen LogP contribution >= 0.6 is 0 Å². The van der Waals surface area contributed by atoms with E-state index in [1.807, 2.05) is 30.3 Å². The number of carbonyl (C=O) groups excluding carboxylic acids is 2. The quantitative estimate of drug-likeness (QED) is 0.634. The number of carbonyl (C=O) groups is 2. The number of benzene rings is 2. The van der Waals surface area contributed by atoms with Crippen LogP contribution in [0.4, 0.5) is 0 Å². The van der Waals surface area contributed by atoms with Crippen molar-refractivity contribution in [2.75, 3.05) is 34.4 Å².